The standard InChI is InChI=1S/C56H36N4O/c1-3-15-37(16-4-1)39-19-13-20-40(29-39)41-30-42(47-22-14-23-49-48-21-7-8-26-54(48)61-55(47)49)32-45(31-41)52-36-53(60-56(59-52)38-17-5-2-6-18-38)46-34-43(50-24-9-11-27-57-50)33-44(35-46)51-25-10-12-28-58-51/h1-36H. The summed E-state index contributed by atoms with van der Waals surface area (Å²) in [5, 5.41) is 2.18. The molecule has 61 heavy (non-hydrogen) atoms. The van der Waals surface area contributed by atoms with E-state index in [-0.39, 0.29) is 0 Å². The number of aromatic nitrogens is 4. The fourth-order valence-electron chi connectivity index (χ4n) is 8.18. The van der Waals surface area contributed by atoms with Crippen LogP contribution < -0.4 is 0 Å². The number of hydrogen-bond acceptors (Lipinski definition) is 5. The molecule has 5 heteroatoms. The van der Waals surface area contributed by atoms with E-state index in [1.165, 1.54) is 5.56 Å². The Bertz CT molecular complexity index is 3290. The average Bonchev–Trinajstić information content (AvgIpc) is 3.74. The summed E-state index contributed by atoms with van der Waals surface area (Å²) in [5.74, 6) is 0.633. The third-order valence-corrected chi connectivity index (χ3v) is 11.2. The van der Waals surface area contributed by atoms with Crippen molar-refractivity contribution in [3.8, 4) is 89.8 Å². The third kappa shape index (κ3) is 7.04. The van der Waals surface area contributed by atoms with Gasteiger partial charge in [0.2, 0.25) is 0 Å². The zero-order valence-corrected chi connectivity index (χ0v) is 33.0. The van der Waals surface area contributed by atoms with E-state index in [0.717, 1.165) is 100 Å². The summed E-state index contributed by atoms with van der Waals surface area (Å²) in [5.41, 5.74) is 16.3. The molecule has 11 aromatic rings. The number of benzene rings is 7. The van der Waals surface area contributed by atoms with Crippen molar-refractivity contribution in [1.82, 2.24) is 19.9 Å². The molecule has 5 nitrogen and oxygen atoms in total. The van der Waals surface area contributed by atoms with Gasteiger partial charge in [0, 0.05) is 56.5 Å². The lowest BCUT2D eigenvalue weighted by Crippen LogP contribution is -1.97. The van der Waals surface area contributed by atoms with Crippen LogP contribution in [0.1, 0.15) is 0 Å². The van der Waals surface area contributed by atoms with Crippen LogP contribution in [0.3, 0.4) is 0 Å². The van der Waals surface area contributed by atoms with Crippen LogP contribution in [0.25, 0.3) is 112 Å². The zero-order chi connectivity index (χ0) is 40.5. The third-order valence-electron chi connectivity index (χ3n) is 11.2. The maximum absolute atomic E-state index is 6.62. The number of nitrogens with zero attached hydrogens (tertiary/aromatic N) is 4. The fourth-order valence-corrected chi connectivity index (χ4v) is 8.18. The van der Waals surface area contributed by atoms with E-state index >= 15 is 0 Å². The van der Waals surface area contributed by atoms with Crippen LogP contribution in [0.2, 0.25) is 0 Å². The molecule has 0 saturated carbocycles. The molecule has 0 radical (unpaired) electrons. The maximum atomic E-state index is 6.62. The Balaban J connectivity index is 1.15. The summed E-state index contributed by atoms with van der Waals surface area (Å²) >= 11 is 0. The van der Waals surface area contributed by atoms with Gasteiger partial charge >= 0.3 is 0 Å². The summed E-state index contributed by atoms with van der Waals surface area (Å²) in [6.45, 7) is 0. The lowest BCUT2D eigenvalue weighted by Gasteiger charge is -2.15. The summed E-state index contributed by atoms with van der Waals surface area (Å²) < 4.78 is 6.62. The number of fused-ring (bicyclic) bond motifs is 3. The number of rotatable bonds is 8. The van der Waals surface area contributed by atoms with Gasteiger partial charge in [-0.15, -0.1) is 0 Å². The summed E-state index contributed by atoms with van der Waals surface area (Å²) in [6, 6.07) is 71.4. The van der Waals surface area contributed by atoms with Crippen molar-refractivity contribution >= 4 is 21.9 Å². The molecule has 0 amide bonds. The fraction of sp³-hybridized carbons (Fsp3) is 0. The molecule has 0 unspecified atom stereocenters. The Morgan fingerprint density at radius 2 is 0.770 bits per heavy atom. The first-order chi connectivity index (χ1) is 30.2. The Hall–Kier alpha value is -8.28. The molecule has 0 aliphatic heterocycles. The second kappa shape index (κ2) is 15.5. The molecule has 0 N–H and O–H groups in total. The predicted molar refractivity (Wildman–Crippen MR) is 248 cm³/mol. The van der Waals surface area contributed by atoms with Crippen LogP contribution in [-0.2, 0) is 0 Å². The van der Waals surface area contributed by atoms with Gasteiger partial charge in [0.25, 0.3) is 0 Å². The van der Waals surface area contributed by atoms with Gasteiger partial charge in [0.1, 0.15) is 11.2 Å². The van der Waals surface area contributed by atoms with Gasteiger partial charge in [0.15, 0.2) is 5.82 Å². The van der Waals surface area contributed by atoms with Crippen LogP contribution in [0.15, 0.2) is 223 Å². The van der Waals surface area contributed by atoms with Crippen LogP contribution in [0, 0.1) is 0 Å². The van der Waals surface area contributed by atoms with Gasteiger partial charge in [-0.1, -0.05) is 127 Å². The number of hydrogen-bond donors (Lipinski definition) is 0. The molecule has 4 heterocycles. The molecule has 0 atom stereocenters. The smallest absolute Gasteiger partial charge is 0.160 e. The summed E-state index contributed by atoms with van der Waals surface area (Å²) in [7, 11) is 0. The van der Waals surface area contributed by atoms with Crippen LogP contribution >= 0.6 is 0 Å². The van der Waals surface area contributed by atoms with Crippen LogP contribution in [0.5, 0.6) is 0 Å². The number of furan rings is 1. The Labute approximate surface area is 353 Å². The van der Waals surface area contributed by atoms with Gasteiger partial charge in [-0.2, -0.15) is 0 Å². The second-order valence-electron chi connectivity index (χ2n) is 15.1. The van der Waals surface area contributed by atoms with Crippen LogP contribution in [-0.4, -0.2) is 19.9 Å². The SMILES string of the molecule is c1ccc(-c2cccc(-c3cc(-c4cc(-c5cc(-c6ccccn6)cc(-c6ccccn6)c5)nc(-c5ccccc5)n4)cc(-c4cccc5c4oc4ccccc45)c3)c2)cc1. The minimum Gasteiger partial charge on any atom is -0.455 e. The molecule has 0 fully saturated rings. The predicted octanol–water partition coefficient (Wildman–Crippen LogP) is 14.5. The monoisotopic (exact) mass is 780 g/mol. The van der Waals surface area contributed by atoms with Crippen molar-refractivity contribution in [1.29, 1.82) is 0 Å². The summed E-state index contributed by atoms with van der Waals surface area (Å²) in [6.07, 6.45) is 3.65. The molecule has 0 saturated heterocycles. The van der Waals surface area contributed by atoms with E-state index in [1.54, 1.807) is 0 Å². The van der Waals surface area contributed by atoms with Gasteiger partial charge in [-0.25, -0.2) is 9.97 Å². The highest BCUT2D eigenvalue weighted by Gasteiger charge is 2.18. The zero-order valence-electron chi connectivity index (χ0n) is 33.0. The lowest BCUT2D eigenvalue weighted by molar-refractivity contribution is 0.670. The Morgan fingerprint density at radius 1 is 0.295 bits per heavy atom. The van der Waals surface area contributed by atoms with Gasteiger partial charge in [-0.3, -0.25) is 9.97 Å². The minimum absolute atomic E-state index is 0.633. The largest absolute Gasteiger partial charge is 0.455 e. The second-order valence-corrected chi connectivity index (χ2v) is 15.1. The molecule has 286 valence electrons. The van der Waals surface area contributed by atoms with E-state index in [9.17, 15) is 0 Å². The van der Waals surface area contributed by atoms with Crippen molar-refractivity contribution in [2.75, 3.05) is 0 Å². The minimum atomic E-state index is 0.633. The Kier molecular flexibility index (Phi) is 9.10. The molecule has 0 bridgehead atoms. The highest BCUT2D eigenvalue weighted by molar-refractivity contribution is 6.10. The van der Waals surface area contributed by atoms with Crippen molar-refractivity contribution in [2.45, 2.75) is 0 Å². The van der Waals surface area contributed by atoms with Crippen molar-refractivity contribution in [3.05, 3.63) is 219 Å². The molecule has 0 aliphatic carbocycles. The molecule has 4 aromatic heterocycles. The quantitative estimate of drug-likeness (QED) is 0.154. The number of para-hydroxylation sites is 2. The number of pyridine rings is 2. The summed E-state index contributed by atoms with van der Waals surface area (Å²) in [4.78, 5) is 20.1. The van der Waals surface area contributed by atoms with Crippen LogP contribution in [0.4, 0.5) is 0 Å². The van der Waals surface area contributed by atoms with E-state index in [2.05, 4.69) is 140 Å². The molecular formula is C56H36N4O. The Morgan fingerprint density at radius 3 is 1.43 bits per heavy atom. The van der Waals surface area contributed by atoms with Gasteiger partial charge < -0.3 is 4.42 Å². The first-order valence-corrected chi connectivity index (χ1v) is 20.3. The van der Waals surface area contributed by atoms with E-state index in [0.29, 0.717) is 5.82 Å². The normalized spacial score (nSPS) is 11.3. The van der Waals surface area contributed by atoms with E-state index in [4.69, 9.17) is 24.4 Å². The molecule has 11 rings (SSSR count). The molecule has 0 spiro atoms. The van der Waals surface area contributed by atoms with E-state index < -0.39 is 0 Å². The first kappa shape index (κ1) is 35.8. The van der Waals surface area contributed by atoms with Crippen molar-refractivity contribution in [3.63, 3.8) is 0 Å². The van der Waals surface area contributed by atoms with Crippen molar-refractivity contribution in [2.24, 2.45) is 0 Å². The lowest BCUT2D eigenvalue weighted by atomic mass is 9.92. The topological polar surface area (TPSA) is 64.7 Å². The molecule has 0 aliphatic rings. The molecular weight excluding hydrogens is 745 g/mol. The van der Waals surface area contributed by atoms with Crippen molar-refractivity contribution < 1.29 is 4.42 Å². The maximum Gasteiger partial charge on any atom is 0.160 e. The van der Waals surface area contributed by atoms with Gasteiger partial charge in [0.05, 0.1) is 22.8 Å². The van der Waals surface area contributed by atoms with Gasteiger partial charge in [-0.05, 0) is 107 Å². The first-order valence-electron chi connectivity index (χ1n) is 20.3. The highest BCUT2D eigenvalue weighted by atomic mass is 16.3. The average molecular weight is 781 g/mol. The highest BCUT2D eigenvalue weighted by Crippen LogP contribution is 2.41. The van der Waals surface area contributed by atoms with E-state index in [1.807, 2.05) is 79.1 Å². The molecule has 7 aromatic carbocycles.